The molecule has 128 valence electrons. The summed E-state index contributed by atoms with van der Waals surface area (Å²) >= 11 is 0. The standard InChI is InChI=1S/C18H32O4/c1-2-3-4-5-6-7-8-9-10-11-12-13-14-15-16(19)17(20)18(21)22/h14-15,19-20H,2-13H2,1H3,(H,21,22)/b15-14+,17-16-. The van der Waals surface area contributed by atoms with E-state index in [1.54, 1.807) is 6.08 Å². The Kier molecular flexibility index (Phi) is 13.5. The minimum atomic E-state index is -1.52. The van der Waals surface area contributed by atoms with Gasteiger partial charge in [-0.05, 0) is 18.9 Å². The van der Waals surface area contributed by atoms with E-state index in [1.807, 2.05) is 0 Å². The van der Waals surface area contributed by atoms with E-state index >= 15 is 0 Å². The monoisotopic (exact) mass is 312 g/mol. The van der Waals surface area contributed by atoms with Crippen LogP contribution in [0.3, 0.4) is 0 Å². The molecule has 22 heavy (non-hydrogen) atoms. The smallest absolute Gasteiger partial charge is 0.374 e. The van der Waals surface area contributed by atoms with E-state index in [9.17, 15) is 9.90 Å². The second-order valence-corrected chi connectivity index (χ2v) is 5.77. The van der Waals surface area contributed by atoms with E-state index in [0.29, 0.717) is 0 Å². The predicted molar refractivity (Wildman–Crippen MR) is 90.1 cm³/mol. The lowest BCUT2D eigenvalue weighted by molar-refractivity contribution is -0.135. The highest BCUT2D eigenvalue weighted by Crippen LogP contribution is 2.12. The second kappa shape index (κ2) is 14.5. The molecule has 4 heteroatoms. The highest BCUT2D eigenvalue weighted by atomic mass is 16.4. The van der Waals surface area contributed by atoms with Crippen LogP contribution in [-0.2, 0) is 4.79 Å². The Morgan fingerprint density at radius 1 is 0.773 bits per heavy atom. The van der Waals surface area contributed by atoms with Crippen LogP contribution in [0.15, 0.2) is 23.7 Å². The number of unbranched alkanes of at least 4 members (excludes halogenated alkanes) is 11. The largest absolute Gasteiger partial charge is 0.504 e. The summed E-state index contributed by atoms with van der Waals surface area (Å²) in [5.41, 5.74) is 0. The number of aliphatic hydroxyl groups is 2. The summed E-state index contributed by atoms with van der Waals surface area (Å²) in [6, 6.07) is 0. The van der Waals surface area contributed by atoms with Crippen molar-refractivity contribution in [3.8, 4) is 0 Å². The van der Waals surface area contributed by atoms with Gasteiger partial charge in [-0.25, -0.2) is 4.79 Å². The van der Waals surface area contributed by atoms with Crippen molar-refractivity contribution in [3.63, 3.8) is 0 Å². The third kappa shape index (κ3) is 12.3. The van der Waals surface area contributed by atoms with E-state index in [2.05, 4.69) is 6.92 Å². The molecule has 0 aliphatic carbocycles. The van der Waals surface area contributed by atoms with Gasteiger partial charge in [0.1, 0.15) is 0 Å². The fourth-order valence-electron chi connectivity index (χ4n) is 2.31. The number of hydrogen-bond acceptors (Lipinski definition) is 3. The van der Waals surface area contributed by atoms with Crippen LogP contribution < -0.4 is 0 Å². The number of rotatable bonds is 14. The van der Waals surface area contributed by atoms with E-state index in [0.717, 1.165) is 19.3 Å². The summed E-state index contributed by atoms with van der Waals surface area (Å²) in [7, 11) is 0. The van der Waals surface area contributed by atoms with Gasteiger partial charge in [0, 0.05) is 0 Å². The van der Waals surface area contributed by atoms with E-state index in [4.69, 9.17) is 10.2 Å². The normalized spacial score (nSPS) is 12.6. The molecular weight excluding hydrogens is 280 g/mol. The van der Waals surface area contributed by atoms with Gasteiger partial charge in [0.25, 0.3) is 0 Å². The lowest BCUT2D eigenvalue weighted by Gasteiger charge is -2.01. The molecule has 0 aromatic rings. The maximum atomic E-state index is 10.4. The molecule has 0 amide bonds. The molecule has 0 bridgehead atoms. The van der Waals surface area contributed by atoms with Crippen molar-refractivity contribution >= 4 is 5.97 Å². The molecule has 0 aromatic heterocycles. The van der Waals surface area contributed by atoms with Crippen LogP contribution in [0.2, 0.25) is 0 Å². The Hall–Kier alpha value is -1.45. The van der Waals surface area contributed by atoms with Crippen LogP contribution in [0.5, 0.6) is 0 Å². The summed E-state index contributed by atoms with van der Waals surface area (Å²) < 4.78 is 0. The number of carboxylic acid groups (broad SMARTS) is 1. The number of carbonyl (C=O) groups is 1. The zero-order valence-electron chi connectivity index (χ0n) is 13.9. The molecular formula is C18H32O4. The molecule has 0 saturated heterocycles. The van der Waals surface area contributed by atoms with E-state index in [-0.39, 0.29) is 0 Å². The van der Waals surface area contributed by atoms with Crippen molar-refractivity contribution in [2.75, 3.05) is 0 Å². The number of aliphatic carboxylic acids is 1. The molecule has 0 spiro atoms. The lowest BCUT2D eigenvalue weighted by atomic mass is 10.1. The summed E-state index contributed by atoms with van der Waals surface area (Å²) in [6.45, 7) is 2.24. The number of carboxylic acids is 1. The molecule has 0 aliphatic rings. The molecule has 0 saturated carbocycles. The van der Waals surface area contributed by atoms with Gasteiger partial charge in [-0.3, -0.25) is 0 Å². The van der Waals surface area contributed by atoms with Crippen LogP contribution in [0.1, 0.15) is 84.0 Å². The van der Waals surface area contributed by atoms with Crippen molar-refractivity contribution < 1.29 is 20.1 Å². The van der Waals surface area contributed by atoms with Crippen molar-refractivity contribution in [1.82, 2.24) is 0 Å². The molecule has 4 nitrogen and oxygen atoms in total. The Bertz CT molecular complexity index is 345. The molecule has 0 aromatic carbocycles. The Morgan fingerprint density at radius 2 is 1.23 bits per heavy atom. The third-order valence-electron chi connectivity index (χ3n) is 3.70. The topological polar surface area (TPSA) is 77.8 Å². The van der Waals surface area contributed by atoms with Crippen molar-refractivity contribution in [1.29, 1.82) is 0 Å². The van der Waals surface area contributed by atoms with Gasteiger partial charge in [-0.2, -0.15) is 0 Å². The predicted octanol–water partition coefficient (Wildman–Crippen LogP) is 5.66. The first-order chi connectivity index (χ1) is 10.6. The second-order valence-electron chi connectivity index (χ2n) is 5.77. The molecule has 0 rings (SSSR count). The van der Waals surface area contributed by atoms with Gasteiger partial charge in [-0.15, -0.1) is 0 Å². The minimum Gasteiger partial charge on any atom is -0.504 e. The number of allylic oxidation sites excluding steroid dienone is 2. The van der Waals surface area contributed by atoms with Crippen LogP contribution in [0, 0.1) is 0 Å². The van der Waals surface area contributed by atoms with Gasteiger partial charge >= 0.3 is 5.97 Å². The number of aliphatic hydroxyl groups excluding tert-OH is 2. The lowest BCUT2D eigenvalue weighted by Crippen LogP contribution is -2.02. The minimum absolute atomic E-state index is 0.587. The highest BCUT2D eigenvalue weighted by Gasteiger charge is 2.08. The molecule has 0 aliphatic heterocycles. The average molecular weight is 312 g/mol. The molecule has 0 unspecified atom stereocenters. The Labute approximate surface area is 134 Å². The van der Waals surface area contributed by atoms with Crippen molar-refractivity contribution in [2.24, 2.45) is 0 Å². The summed E-state index contributed by atoms with van der Waals surface area (Å²) in [5, 5.41) is 26.6. The maximum absolute atomic E-state index is 10.4. The van der Waals surface area contributed by atoms with Crippen LogP contribution >= 0.6 is 0 Å². The summed E-state index contributed by atoms with van der Waals surface area (Å²) in [6.07, 6.45) is 17.9. The maximum Gasteiger partial charge on any atom is 0.374 e. The van der Waals surface area contributed by atoms with Gasteiger partial charge in [0.05, 0.1) is 0 Å². The quantitative estimate of drug-likeness (QED) is 0.167. The first-order valence-electron chi connectivity index (χ1n) is 8.61. The fourth-order valence-corrected chi connectivity index (χ4v) is 2.31. The molecule has 0 atom stereocenters. The van der Waals surface area contributed by atoms with E-state index < -0.39 is 17.5 Å². The molecule has 3 N–H and O–H groups in total. The highest BCUT2D eigenvalue weighted by molar-refractivity contribution is 5.84. The van der Waals surface area contributed by atoms with Crippen molar-refractivity contribution in [2.45, 2.75) is 84.0 Å². The first-order valence-corrected chi connectivity index (χ1v) is 8.61. The van der Waals surface area contributed by atoms with Gasteiger partial charge in [0.2, 0.25) is 5.76 Å². The van der Waals surface area contributed by atoms with Gasteiger partial charge in [0.15, 0.2) is 5.76 Å². The number of hydrogen-bond donors (Lipinski definition) is 3. The molecule has 0 fully saturated rings. The van der Waals surface area contributed by atoms with Crippen LogP contribution in [0.25, 0.3) is 0 Å². The fraction of sp³-hybridized carbons (Fsp3) is 0.722. The zero-order chi connectivity index (χ0) is 16.6. The first kappa shape index (κ1) is 20.6. The van der Waals surface area contributed by atoms with Crippen molar-refractivity contribution in [3.05, 3.63) is 23.7 Å². The van der Waals surface area contributed by atoms with Crippen LogP contribution in [0.4, 0.5) is 0 Å². The zero-order valence-corrected chi connectivity index (χ0v) is 13.9. The van der Waals surface area contributed by atoms with E-state index in [1.165, 1.54) is 63.9 Å². The molecule has 0 radical (unpaired) electrons. The summed E-state index contributed by atoms with van der Waals surface area (Å²) in [5.74, 6) is -3.11. The third-order valence-corrected chi connectivity index (χ3v) is 3.70. The van der Waals surface area contributed by atoms with Gasteiger partial charge < -0.3 is 15.3 Å². The molecule has 0 heterocycles. The summed E-state index contributed by atoms with van der Waals surface area (Å²) in [4.78, 5) is 10.4. The SMILES string of the molecule is CCCCCCCCCCCCC/C=C/C(O)=C(/O)C(=O)O. The average Bonchev–Trinajstić information content (AvgIpc) is 2.50. The Balaban J connectivity index is 3.40. The Morgan fingerprint density at radius 3 is 1.68 bits per heavy atom. The van der Waals surface area contributed by atoms with Gasteiger partial charge in [-0.1, -0.05) is 77.2 Å². The van der Waals surface area contributed by atoms with Crippen LogP contribution in [-0.4, -0.2) is 21.3 Å².